The zero-order chi connectivity index (χ0) is 11.3. The van der Waals surface area contributed by atoms with E-state index in [9.17, 15) is 4.79 Å². The monoisotopic (exact) mass is 228 g/mol. The second-order valence-electron chi connectivity index (χ2n) is 4.16. The average molecular weight is 228 g/mol. The Morgan fingerprint density at radius 1 is 1.47 bits per heavy atom. The first-order valence-corrected chi connectivity index (χ1v) is 5.67. The van der Waals surface area contributed by atoms with Gasteiger partial charge in [0.05, 0.1) is 6.61 Å². The van der Waals surface area contributed by atoms with Gasteiger partial charge in [-0.15, -0.1) is 11.3 Å². The molecule has 0 saturated carbocycles. The highest BCUT2D eigenvalue weighted by Gasteiger charge is 2.15. The lowest BCUT2D eigenvalue weighted by Crippen LogP contribution is -2.26. The molecule has 0 aliphatic carbocycles. The third-order valence-electron chi connectivity index (χ3n) is 1.46. The Kier molecular flexibility index (Phi) is 4.29. The normalized spacial score (nSPS) is 11.4. The van der Waals surface area contributed by atoms with Gasteiger partial charge in [0.15, 0.2) is 0 Å². The minimum Gasteiger partial charge on any atom is -0.458 e. The molecule has 1 aromatic rings. The zero-order valence-corrected chi connectivity index (χ0v) is 10.1. The summed E-state index contributed by atoms with van der Waals surface area (Å²) in [6.45, 7) is 5.99. The van der Waals surface area contributed by atoms with Gasteiger partial charge in [-0.25, -0.2) is 4.79 Å². The minimum atomic E-state index is -0.441. The standard InChI is InChI=1S/C11H16O3S/c1-11(2,3)14-10(12)8-13-7-9-5-4-6-15-9/h4-6H,7-8H2,1-3H3. The highest BCUT2D eigenvalue weighted by Crippen LogP contribution is 2.10. The van der Waals surface area contributed by atoms with Crippen molar-refractivity contribution in [1.29, 1.82) is 0 Å². The number of ether oxygens (including phenoxy) is 2. The van der Waals surface area contributed by atoms with Crippen LogP contribution in [0.4, 0.5) is 0 Å². The second-order valence-corrected chi connectivity index (χ2v) is 5.19. The zero-order valence-electron chi connectivity index (χ0n) is 9.28. The van der Waals surface area contributed by atoms with Gasteiger partial charge in [-0.1, -0.05) is 6.07 Å². The quantitative estimate of drug-likeness (QED) is 0.743. The lowest BCUT2D eigenvalue weighted by molar-refractivity contribution is -0.160. The Bertz CT molecular complexity index is 298. The molecule has 1 aromatic heterocycles. The van der Waals surface area contributed by atoms with Crippen molar-refractivity contribution >= 4 is 17.3 Å². The van der Waals surface area contributed by atoms with E-state index in [1.807, 2.05) is 38.3 Å². The van der Waals surface area contributed by atoms with Gasteiger partial charge >= 0.3 is 5.97 Å². The smallest absolute Gasteiger partial charge is 0.332 e. The van der Waals surface area contributed by atoms with Gasteiger partial charge < -0.3 is 9.47 Å². The molecule has 0 spiro atoms. The van der Waals surface area contributed by atoms with E-state index in [0.29, 0.717) is 6.61 Å². The molecule has 0 fully saturated rings. The Morgan fingerprint density at radius 2 is 2.20 bits per heavy atom. The Hall–Kier alpha value is -0.870. The maximum atomic E-state index is 11.2. The fraction of sp³-hybridized carbons (Fsp3) is 0.545. The maximum Gasteiger partial charge on any atom is 0.332 e. The SMILES string of the molecule is CC(C)(C)OC(=O)COCc1cccs1. The van der Waals surface area contributed by atoms with E-state index in [-0.39, 0.29) is 12.6 Å². The van der Waals surface area contributed by atoms with Crippen molar-refractivity contribution in [3.05, 3.63) is 22.4 Å². The van der Waals surface area contributed by atoms with Crippen LogP contribution in [0, 0.1) is 0 Å². The summed E-state index contributed by atoms with van der Waals surface area (Å²) < 4.78 is 10.3. The van der Waals surface area contributed by atoms with Crippen molar-refractivity contribution < 1.29 is 14.3 Å². The Balaban J connectivity index is 2.18. The van der Waals surface area contributed by atoms with Gasteiger partial charge in [0.25, 0.3) is 0 Å². The topological polar surface area (TPSA) is 35.5 Å². The molecule has 0 bridgehead atoms. The molecule has 0 aliphatic heterocycles. The molecule has 1 heterocycles. The first-order chi connectivity index (χ1) is 6.97. The number of carbonyl (C=O) groups is 1. The molecule has 3 nitrogen and oxygen atoms in total. The molecule has 0 unspecified atom stereocenters. The Morgan fingerprint density at radius 3 is 2.73 bits per heavy atom. The van der Waals surface area contributed by atoms with Crippen LogP contribution in [-0.4, -0.2) is 18.2 Å². The number of thiophene rings is 1. The average Bonchev–Trinajstić information content (AvgIpc) is 2.53. The summed E-state index contributed by atoms with van der Waals surface area (Å²) in [7, 11) is 0. The molecule has 0 saturated heterocycles. The third-order valence-corrected chi connectivity index (χ3v) is 2.31. The number of hydrogen-bond donors (Lipinski definition) is 0. The third kappa shape index (κ3) is 5.54. The lowest BCUT2D eigenvalue weighted by Gasteiger charge is -2.19. The van der Waals surface area contributed by atoms with Crippen LogP contribution in [-0.2, 0) is 20.9 Å². The molecule has 0 amide bonds. The van der Waals surface area contributed by atoms with E-state index < -0.39 is 5.60 Å². The predicted molar refractivity (Wildman–Crippen MR) is 59.8 cm³/mol. The molecule has 84 valence electrons. The van der Waals surface area contributed by atoms with Crippen LogP contribution in [0.5, 0.6) is 0 Å². The molecular formula is C11H16O3S. The molecule has 1 rings (SSSR count). The van der Waals surface area contributed by atoms with Crippen LogP contribution in [0.25, 0.3) is 0 Å². The van der Waals surface area contributed by atoms with E-state index in [0.717, 1.165) is 4.88 Å². The molecule has 0 atom stereocenters. The van der Waals surface area contributed by atoms with Gasteiger partial charge in [-0.3, -0.25) is 0 Å². The van der Waals surface area contributed by atoms with Gasteiger partial charge in [0.1, 0.15) is 12.2 Å². The van der Waals surface area contributed by atoms with Gasteiger partial charge in [0.2, 0.25) is 0 Å². The Labute approximate surface area is 94.0 Å². The van der Waals surface area contributed by atoms with Crippen molar-refractivity contribution in [1.82, 2.24) is 0 Å². The van der Waals surface area contributed by atoms with Crippen molar-refractivity contribution in [2.75, 3.05) is 6.61 Å². The highest BCUT2D eigenvalue weighted by molar-refractivity contribution is 7.09. The number of hydrogen-bond acceptors (Lipinski definition) is 4. The predicted octanol–water partition coefficient (Wildman–Crippen LogP) is 2.61. The molecule has 0 N–H and O–H groups in total. The molecule has 0 aromatic carbocycles. The molecule has 0 aliphatic rings. The van der Waals surface area contributed by atoms with Crippen molar-refractivity contribution in [2.45, 2.75) is 33.0 Å². The maximum absolute atomic E-state index is 11.2. The first-order valence-electron chi connectivity index (χ1n) is 4.79. The summed E-state index contributed by atoms with van der Waals surface area (Å²) >= 11 is 1.61. The summed E-state index contributed by atoms with van der Waals surface area (Å²) in [5, 5.41) is 1.98. The fourth-order valence-electron chi connectivity index (χ4n) is 1.00. The van der Waals surface area contributed by atoms with Crippen molar-refractivity contribution in [2.24, 2.45) is 0 Å². The van der Waals surface area contributed by atoms with E-state index >= 15 is 0 Å². The largest absolute Gasteiger partial charge is 0.458 e. The van der Waals surface area contributed by atoms with E-state index in [1.165, 1.54) is 0 Å². The van der Waals surface area contributed by atoms with Crippen LogP contribution < -0.4 is 0 Å². The van der Waals surface area contributed by atoms with Crippen LogP contribution in [0.1, 0.15) is 25.6 Å². The summed E-state index contributed by atoms with van der Waals surface area (Å²) in [5.41, 5.74) is -0.441. The number of carbonyl (C=O) groups excluding carboxylic acids is 1. The van der Waals surface area contributed by atoms with Gasteiger partial charge in [-0.05, 0) is 32.2 Å². The fourth-order valence-corrected chi connectivity index (χ4v) is 1.64. The number of esters is 1. The first kappa shape index (κ1) is 12.2. The summed E-state index contributed by atoms with van der Waals surface area (Å²) in [5.74, 6) is -0.320. The summed E-state index contributed by atoms with van der Waals surface area (Å²) in [6, 6.07) is 3.93. The molecule has 4 heteroatoms. The minimum absolute atomic E-state index is 0.00910. The van der Waals surface area contributed by atoms with Crippen LogP contribution >= 0.6 is 11.3 Å². The van der Waals surface area contributed by atoms with E-state index in [4.69, 9.17) is 9.47 Å². The van der Waals surface area contributed by atoms with Crippen LogP contribution in [0.3, 0.4) is 0 Å². The molecule has 0 radical (unpaired) electrons. The van der Waals surface area contributed by atoms with E-state index in [1.54, 1.807) is 11.3 Å². The second kappa shape index (κ2) is 5.28. The molecular weight excluding hydrogens is 212 g/mol. The lowest BCUT2D eigenvalue weighted by atomic mass is 10.2. The highest BCUT2D eigenvalue weighted by atomic mass is 32.1. The summed E-state index contributed by atoms with van der Waals surface area (Å²) in [6.07, 6.45) is 0. The number of rotatable bonds is 4. The van der Waals surface area contributed by atoms with Gasteiger partial charge in [-0.2, -0.15) is 0 Å². The van der Waals surface area contributed by atoms with Crippen LogP contribution in [0.15, 0.2) is 17.5 Å². The van der Waals surface area contributed by atoms with Crippen molar-refractivity contribution in [3.8, 4) is 0 Å². The van der Waals surface area contributed by atoms with Gasteiger partial charge in [0, 0.05) is 4.88 Å². The van der Waals surface area contributed by atoms with Crippen LogP contribution in [0.2, 0.25) is 0 Å². The summed E-state index contributed by atoms with van der Waals surface area (Å²) in [4.78, 5) is 12.4. The molecule has 15 heavy (non-hydrogen) atoms. The van der Waals surface area contributed by atoms with Crippen molar-refractivity contribution in [3.63, 3.8) is 0 Å². The van der Waals surface area contributed by atoms with E-state index in [2.05, 4.69) is 0 Å².